The monoisotopic (exact) mass is 297 g/mol. The first-order valence-electron chi connectivity index (χ1n) is 6.80. The zero-order chi connectivity index (χ0) is 14.4. The fourth-order valence-electron chi connectivity index (χ4n) is 2.49. The van der Waals surface area contributed by atoms with E-state index in [4.69, 9.17) is 21.1 Å². The van der Waals surface area contributed by atoms with Crippen molar-refractivity contribution in [3.63, 3.8) is 0 Å². The Morgan fingerprint density at radius 2 is 2.00 bits per heavy atom. The van der Waals surface area contributed by atoms with Crippen LogP contribution in [0.15, 0.2) is 30.3 Å². The molecule has 0 spiro atoms. The number of methoxy groups -OCH3 is 1. The van der Waals surface area contributed by atoms with Gasteiger partial charge >= 0.3 is 5.97 Å². The number of halogens is 1. The Labute approximate surface area is 124 Å². The van der Waals surface area contributed by atoms with E-state index in [0.29, 0.717) is 0 Å². The zero-order valence-corrected chi connectivity index (χ0v) is 12.4. The predicted octanol–water partition coefficient (Wildman–Crippen LogP) is 2.06. The van der Waals surface area contributed by atoms with Gasteiger partial charge in [-0.25, -0.2) is 0 Å². The van der Waals surface area contributed by atoms with Crippen molar-refractivity contribution in [2.45, 2.75) is 23.8 Å². The summed E-state index contributed by atoms with van der Waals surface area (Å²) in [5, 5.41) is 2.52. The van der Waals surface area contributed by atoms with E-state index in [0.717, 1.165) is 31.5 Å². The van der Waals surface area contributed by atoms with E-state index >= 15 is 0 Å². The molecular formula is C15H20ClNO3. The number of hydrogen-bond acceptors (Lipinski definition) is 4. The molecule has 5 heteroatoms. The first kappa shape index (κ1) is 15.3. The van der Waals surface area contributed by atoms with Crippen LogP contribution in [0.3, 0.4) is 0 Å². The van der Waals surface area contributed by atoms with Crippen LogP contribution in [-0.4, -0.2) is 38.2 Å². The van der Waals surface area contributed by atoms with Crippen LogP contribution in [0.5, 0.6) is 0 Å². The Morgan fingerprint density at radius 3 is 2.60 bits per heavy atom. The number of carbonyl (C=O) groups is 1. The number of hydrogen-bond donors (Lipinski definition) is 1. The summed E-state index contributed by atoms with van der Waals surface area (Å²) >= 11 is 5.98. The minimum atomic E-state index is -0.768. The third kappa shape index (κ3) is 3.51. The summed E-state index contributed by atoms with van der Waals surface area (Å²) in [5.41, 5.74) is 0.445. The average Bonchev–Trinajstić information content (AvgIpc) is 2.49. The summed E-state index contributed by atoms with van der Waals surface area (Å²) in [7, 11) is 1.51. The molecule has 0 bridgehead atoms. The van der Waals surface area contributed by atoms with Crippen molar-refractivity contribution < 1.29 is 14.3 Å². The van der Waals surface area contributed by atoms with Crippen molar-refractivity contribution in [1.29, 1.82) is 0 Å². The van der Waals surface area contributed by atoms with Gasteiger partial charge in [-0.3, -0.25) is 4.79 Å². The summed E-state index contributed by atoms with van der Waals surface area (Å²) in [6, 6.07) is 9.87. The molecule has 1 aliphatic heterocycles. The molecule has 1 unspecified atom stereocenters. The quantitative estimate of drug-likeness (QED) is 0.667. The second-order valence-corrected chi connectivity index (χ2v) is 5.48. The van der Waals surface area contributed by atoms with Gasteiger partial charge in [0.2, 0.25) is 0 Å². The molecule has 0 aliphatic carbocycles. The van der Waals surface area contributed by atoms with Crippen LogP contribution < -0.4 is 5.32 Å². The lowest BCUT2D eigenvalue weighted by molar-refractivity contribution is -0.164. The Balaban J connectivity index is 2.18. The topological polar surface area (TPSA) is 47.6 Å². The summed E-state index contributed by atoms with van der Waals surface area (Å²) < 4.78 is 10.7. The number of piperidine rings is 1. The van der Waals surface area contributed by atoms with Gasteiger partial charge in [0.1, 0.15) is 5.60 Å². The van der Waals surface area contributed by atoms with Crippen molar-refractivity contribution >= 4 is 17.6 Å². The second-order valence-electron chi connectivity index (χ2n) is 4.95. The van der Waals surface area contributed by atoms with E-state index in [1.165, 1.54) is 7.11 Å². The molecule has 4 nitrogen and oxygen atoms in total. The maximum atomic E-state index is 12.1. The molecule has 0 saturated carbocycles. The SMILES string of the molecule is COCC(Cl)C(=O)OC1(c2ccccc2)CCNCC1. The molecule has 0 aromatic heterocycles. The molecule has 1 N–H and O–H groups in total. The van der Waals surface area contributed by atoms with Crippen LogP contribution in [0.25, 0.3) is 0 Å². The molecule has 110 valence electrons. The van der Waals surface area contributed by atoms with Crippen LogP contribution in [0.1, 0.15) is 18.4 Å². The summed E-state index contributed by atoms with van der Waals surface area (Å²) in [6.45, 7) is 1.79. The van der Waals surface area contributed by atoms with Gasteiger partial charge in [0.25, 0.3) is 0 Å². The lowest BCUT2D eigenvalue weighted by Crippen LogP contribution is -2.44. The van der Waals surface area contributed by atoms with Gasteiger partial charge in [-0.05, 0) is 18.7 Å². The second kappa shape index (κ2) is 7.07. The van der Waals surface area contributed by atoms with Crippen molar-refractivity contribution in [2.75, 3.05) is 26.8 Å². The fraction of sp³-hybridized carbons (Fsp3) is 0.533. The Bertz CT molecular complexity index is 432. The molecule has 1 aliphatic rings. The summed E-state index contributed by atoms with van der Waals surface area (Å²) in [4.78, 5) is 12.1. The van der Waals surface area contributed by atoms with Crippen LogP contribution in [0.2, 0.25) is 0 Å². The molecule has 2 rings (SSSR count). The molecule has 1 saturated heterocycles. The molecule has 0 amide bonds. The molecule has 1 heterocycles. The van der Waals surface area contributed by atoms with Gasteiger partial charge in [-0.15, -0.1) is 11.6 Å². The van der Waals surface area contributed by atoms with Gasteiger partial charge in [0, 0.05) is 20.0 Å². The van der Waals surface area contributed by atoms with Crippen LogP contribution in [-0.2, 0) is 19.9 Å². The lowest BCUT2D eigenvalue weighted by Gasteiger charge is -2.38. The zero-order valence-electron chi connectivity index (χ0n) is 11.6. The van der Waals surface area contributed by atoms with Crippen molar-refractivity contribution in [3.05, 3.63) is 35.9 Å². The molecule has 1 aromatic carbocycles. The van der Waals surface area contributed by atoms with E-state index in [-0.39, 0.29) is 6.61 Å². The van der Waals surface area contributed by atoms with E-state index in [1.807, 2.05) is 30.3 Å². The lowest BCUT2D eigenvalue weighted by atomic mass is 9.85. The van der Waals surface area contributed by atoms with Gasteiger partial charge in [0.05, 0.1) is 6.61 Å². The maximum Gasteiger partial charge on any atom is 0.327 e. The van der Waals surface area contributed by atoms with Gasteiger partial charge in [-0.2, -0.15) is 0 Å². The predicted molar refractivity (Wildman–Crippen MR) is 77.8 cm³/mol. The molecular weight excluding hydrogens is 278 g/mol. The minimum absolute atomic E-state index is 0.156. The Morgan fingerprint density at radius 1 is 1.35 bits per heavy atom. The number of ether oxygens (including phenoxy) is 2. The van der Waals surface area contributed by atoms with E-state index in [1.54, 1.807) is 0 Å². The molecule has 1 atom stereocenters. The number of rotatable bonds is 5. The summed E-state index contributed by atoms with van der Waals surface area (Å²) in [5.74, 6) is -0.417. The van der Waals surface area contributed by atoms with Crippen molar-refractivity contribution in [1.82, 2.24) is 5.32 Å². The standard InChI is InChI=1S/C15H20ClNO3/c1-19-11-13(16)14(18)20-15(7-9-17-10-8-15)12-5-3-2-4-6-12/h2-6,13,17H,7-11H2,1H3. The van der Waals surface area contributed by atoms with Crippen molar-refractivity contribution in [2.24, 2.45) is 0 Å². The van der Waals surface area contributed by atoms with Crippen molar-refractivity contribution in [3.8, 4) is 0 Å². The van der Waals surface area contributed by atoms with Gasteiger partial charge < -0.3 is 14.8 Å². The normalized spacial score (nSPS) is 19.3. The van der Waals surface area contributed by atoms with Gasteiger partial charge in [0.15, 0.2) is 5.38 Å². The first-order chi connectivity index (χ1) is 9.68. The van der Waals surface area contributed by atoms with Gasteiger partial charge in [-0.1, -0.05) is 30.3 Å². The smallest absolute Gasteiger partial charge is 0.327 e. The minimum Gasteiger partial charge on any atom is -0.453 e. The maximum absolute atomic E-state index is 12.1. The van der Waals surface area contributed by atoms with E-state index in [2.05, 4.69) is 5.32 Å². The summed E-state index contributed by atoms with van der Waals surface area (Å²) in [6.07, 6.45) is 1.50. The highest BCUT2D eigenvalue weighted by atomic mass is 35.5. The van der Waals surface area contributed by atoms with Crippen LogP contribution >= 0.6 is 11.6 Å². The van der Waals surface area contributed by atoms with E-state index < -0.39 is 16.9 Å². The molecule has 1 aromatic rings. The average molecular weight is 298 g/mol. The highest BCUT2D eigenvalue weighted by Gasteiger charge is 2.39. The molecule has 1 fully saturated rings. The Kier molecular flexibility index (Phi) is 5.40. The van der Waals surface area contributed by atoms with E-state index in [9.17, 15) is 4.79 Å². The number of alkyl halides is 1. The fourth-order valence-corrected chi connectivity index (χ4v) is 2.66. The number of carbonyl (C=O) groups excluding carboxylic acids is 1. The first-order valence-corrected chi connectivity index (χ1v) is 7.24. The highest BCUT2D eigenvalue weighted by Crippen LogP contribution is 2.35. The largest absolute Gasteiger partial charge is 0.453 e. The van der Waals surface area contributed by atoms with Crippen LogP contribution in [0, 0.1) is 0 Å². The number of esters is 1. The highest BCUT2D eigenvalue weighted by molar-refractivity contribution is 6.30. The number of nitrogens with one attached hydrogen (secondary N) is 1. The molecule has 20 heavy (non-hydrogen) atoms. The third-order valence-electron chi connectivity index (χ3n) is 3.58. The van der Waals surface area contributed by atoms with Crippen LogP contribution in [0.4, 0.5) is 0 Å². The number of benzene rings is 1. The molecule has 0 radical (unpaired) electrons. The Hall–Kier alpha value is -1.10. The third-order valence-corrected chi connectivity index (χ3v) is 3.88.